The minimum atomic E-state index is 0.572. The molecule has 0 aliphatic carbocycles. The van der Waals surface area contributed by atoms with Gasteiger partial charge in [0.1, 0.15) is 5.75 Å². The Morgan fingerprint density at radius 1 is 1.22 bits per heavy atom. The van der Waals surface area contributed by atoms with Gasteiger partial charge >= 0.3 is 0 Å². The van der Waals surface area contributed by atoms with E-state index in [4.69, 9.17) is 4.74 Å². The van der Waals surface area contributed by atoms with Gasteiger partial charge < -0.3 is 15.0 Å². The monoisotopic (exact) mass is 250 g/mol. The number of rotatable bonds is 8. The summed E-state index contributed by atoms with van der Waals surface area (Å²) in [7, 11) is 4.08. The Hall–Kier alpha value is -1.22. The first-order valence-corrected chi connectivity index (χ1v) is 6.73. The third kappa shape index (κ3) is 5.92. The summed E-state index contributed by atoms with van der Waals surface area (Å²) in [5.41, 5.74) is 1.17. The third-order valence-electron chi connectivity index (χ3n) is 2.73. The van der Waals surface area contributed by atoms with Crippen LogP contribution in [-0.4, -0.2) is 33.3 Å². The first-order valence-electron chi connectivity index (χ1n) is 6.73. The molecular formula is C15H26N2O. The number of nitrogens with one attached hydrogen (secondary N) is 1. The lowest BCUT2D eigenvalue weighted by atomic mass is 10.3. The molecule has 102 valence electrons. The van der Waals surface area contributed by atoms with Crippen LogP contribution in [0.2, 0.25) is 0 Å². The minimum Gasteiger partial charge on any atom is -0.494 e. The lowest BCUT2D eigenvalue weighted by Crippen LogP contribution is -2.23. The Balaban J connectivity index is 2.21. The van der Waals surface area contributed by atoms with E-state index < -0.39 is 0 Å². The molecule has 0 spiro atoms. The maximum absolute atomic E-state index is 5.75. The summed E-state index contributed by atoms with van der Waals surface area (Å²) in [6.45, 7) is 6.20. The molecule has 0 fully saturated rings. The summed E-state index contributed by atoms with van der Waals surface area (Å²) >= 11 is 0. The number of hydrogen-bond donors (Lipinski definition) is 1. The molecule has 0 heterocycles. The van der Waals surface area contributed by atoms with Crippen LogP contribution in [0.15, 0.2) is 24.3 Å². The topological polar surface area (TPSA) is 24.5 Å². The van der Waals surface area contributed by atoms with E-state index in [2.05, 4.69) is 36.2 Å². The van der Waals surface area contributed by atoms with Gasteiger partial charge in [-0.1, -0.05) is 19.9 Å². The van der Waals surface area contributed by atoms with Crippen LogP contribution in [0.1, 0.15) is 26.7 Å². The summed E-state index contributed by atoms with van der Waals surface area (Å²) in [5, 5.41) is 3.41. The molecule has 0 aromatic heterocycles. The lowest BCUT2D eigenvalue weighted by molar-refractivity contribution is 0.305. The second kappa shape index (κ2) is 7.98. The molecule has 0 atom stereocenters. The van der Waals surface area contributed by atoms with Crippen molar-refractivity contribution in [2.75, 3.05) is 32.1 Å². The van der Waals surface area contributed by atoms with Gasteiger partial charge in [0.15, 0.2) is 0 Å². The SMILES string of the molecule is CC(C)NCCCCOc1cccc(N(C)C)c1. The molecule has 1 aromatic carbocycles. The second-order valence-corrected chi connectivity index (χ2v) is 5.06. The molecule has 3 nitrogen and oxygen atoms in total. The molecule has 0 radical (unpaired) electrons. The smallest absolute Gasteiger partial charge is 0.121 e. The van der Waals surface area contributed by atoms with Crippen molar-refractivity contribution >= 4 is 5.69 Å². The van der Waals surface area contributed by atoms with E-state index in [-0.39, 0.29) is 0 Å². The Morgan fingerprint density at radius 2 is 2.00 bits per heavy atom. The summed E-state index contributed by atoms with van der Waals surface area (Å²) in [4.78, 5) is 2.08. The molecule has 0 saturated carbocycles. The zero-order chi connectivity index (χ0) is 13.4. The fourth-order valence-corrected chi connectivity index (χ4v) is 1.66. The summed E-state index contributed by atoms with van der Waals surface area (Å²) < 4.78 is 5.75. The van der Waals surface area contributed by atoms with E-state index in [1.165, 1.54) is 5.69 Å². The van der Waals surface area contributed by atoms with Crippen LogP contribution in [0.25, 0.3) is 0 Å². The van der Waals surface area contributed by atoms with Crippen LogP contribution in [0.3, 0.4) is 0 Å². The first kappa shape index (κ1) is 14.8. The Morgan fingerprint density at radius 3 is 2.67 bits per heavy atom. The fourth-order valence-electron chi connectivity index (χ4n) is 1.66. The third-order valence-corrected chi connectivity index (χ3v) is 2.73. The van der Waals surface area contributed by atoms with E-state index in [0.717, 1.165) is 31.7 Å². The molecule has 0 saturated heterocycles. The van der Waals surface area contributed by atoms with Crippen LogP contribution in [0.5, 0.6) is 5.75 Å². The van der Waals surface area contributed by atoms with Crippen molar-refractivity contribution in [2.45, 2.75) is 32.7 Å². The molecule has 0 amide bonds. The van der Waals surface area contributed by atoms with Gasteiger partial charge in [0.2, 0.25) is 0 Å². The van der Waals surface area contributed by atoms with Gasteiger partial charge in [-0.2, -0.15) is 0 Å². The average molecular weight is 250 g/mol. The lowest BCUT2D eigenvalue weighted by Gasteiger charge is -2.14. The van der Waals surface area contributed by atoms with Crippen molar-refractivity contribution < 1.29 is 4.74 Å². The average Bonchev–Trinajstić information content (AvgIpc) is 2.33. The van der Waals surface area contributed by atoms with E-state index in [0.29, 0.717) is 6.04 Å². The van der Waals surface area contributed by atoms with Crippen molar-refractivity contribution in [1.29, 1.82) is 0 Å². The molecule has 0 unspecified atom stereocenters. The first-order chi connectivity index (χ1) is 8.59. The molecule has 0 aliphatic rings. The molecule has 0 bridgehead atoms. The van der Waals surface area contributed by atoms with E-state index in [1.807, 2.05) is 26.2 Å². The van der Waals surface area contributed by atoms with Gasteiger partial charge in [-0.3, -0.25) is 0 Å². The van der Waals surface area contributed by atoms with Crippen LogP contribution in [-0.2, 0) is 0 Å². The van der Waals surface area contributed by atoms with Crippen LogP contribution < -0.4 is 15.0 Å². The Kier molecular flexibility index (Phi) is 6.58. The number of benzene rings is 1. The predicted molar refractivity (Wildman–Crippen MR) is 78.6 cm³/mol. The van der Waals surface area contributed by atoms with E-state index in [1.54, 1.807) is 0 Å². The normalized spacial score (nSPS) is 10.7. The quantitative estimate of drug-likeness (QED) is 0.718. The van der Waals surface area contributed by atoms with Crippen molar-refractivity contribution in [3.63, 3.8) is 0 Å². The van der Waals surface area contributed by atoms with Gasteiger partial charge in [-0.05, 0) is 31.5 Å². The van der Waals surface area contributed by atoms with Crippen molar-refractivity contribution in [1.82, 2.24) is 5.32 Å². The number of hydrogen-bond acceptors (Lipinski definition) is 3. The molecule has 3 heteroatoms. The maximum atomic E-state index is 5.75. The second-order valence-electron chi connectivity index (χ2n) is 5.06. The van der Waals surface area contributed by atoms with Crippen molar-refractivity contribution in [3.8, 4) is 5.75 Å². The van der Waals surface area contributed by atoms with Gasteiger partial charge in [0, 0.05) is 31.9 Å². The van der Waals surface area contributed by atoms with Crippen LogP contribution in [0.4, 0.5) is 5.69 Å². The minimum absolute atomic E-state index is 0.572. The summed E-state index contributed by atoms with van der Waals surface area (Å²) in [6, 6.07) is 8.78. The predicted octanol–water partition coefficient (Wildman–Crippen LogP) is 2.91. The zero-order valence-corrected chi connectivity index (χ0v) is 12.1. The van der Waals surface area contributed by atoms with Gasteiger partial charge in [-0.15, -0.1) is 0 Å². The number of nitrogens with zero attached hydrogens (tertiary/aromatic N) is 1. The zero-order valence-electron chi connectivity index (χ0n) is 12.1. The Labute approximate surface area is 111 Å². The highest BCUT2D eigenvalue weighted by Gasteiger charge is 1.98. The highest BCUT2D eigenvalue weighted by molar-refractivity contribution is 5.49. The van der Waals surface area contributed by atoms with E-state index in [9.17, 15) is 0 Å². The van der Waals surface area contributed by atoms with Crippen LogP contribution in [0, 0.1) is 0 Å². The Bertz CT molecular complexity index is 337. The summed E-state index contributed by atoms with van der Waals surface area (Å²) in [5.74, 6) is 0.956. The molecule has 1 N–H and O–H groups in total. The number of anilines is 1. The van der Waals surface area contributed by atoms with Gasteiger partial charge in [-0.25, -0.2) is 0 Å². The van der Waals surface area contributed by atoms with Crippen molar-refractivity contribution in [3.05, 3.63) is 24.3 Å². The molecule has 1 aromatic rings. The van der Waals surface area contributed by atoms with Crippen molar-refractivity contribution in [2.24, 2.45) is 0 Å². The molecule has 18 heavy (non-hydrogen) atoms. The highest BCUT2D eigenvalue weighted by atomic mass is 16.5. The van der Waals surface area contributed by atoms with Gasteiger partial charge in [0.25, 0.3) is 0 Å². The maximum Gasteiger partial charge on any atom is 0.121 e. The summed E-state index contributed by atoms with van der Waals surface area (Å²) in [6.07, 6.45) is 2.25. The molecule has 1 rings (SSSR count). The van der Waals surface area contributed by atoms with E-state index >= 15 is 0 Å². The largest absolute Gasteiger partial charge is 0.494 e. The molecule has 0 aliphatic heterocycles. The van der Waals surface area contributed by atoms with Crippen LogP contribution >= 0.6 is 0 Å². The molecular weight excluding hydrogens is 224 g/mol. The number of unbranched alkanes of at least 4 members (excludes halogenated alkanes) is 1. The number of ether oxygens (including phenoxy) is 1. The van der Waals surface area contributed by atoms with Gasteiger partial charge in [0.05, 0.1) is 6.61 Å². The highest BCUT2D eigenvalue weighted by Crippen LogP contribution is 2.19. The fraction of sp³-hybridized carbons (Fsp3) is 0.600. The standard InChI is InChI=1S/C15H26N2O/c1-13(2)16-10-5-6-11-18-15-9-7-8-14(12-15)17(3)4/h7-9,12-13,16H,5-6,10-11H2,1-4H3.